The largest absolute Gasteiger partial charge is 0.478 e. The van der Waals surface area contributed by atoms with Crippen LogP contribution in [0.5, 0.6) is 0 Å². The van der Waals surface area contributed by atoms with Crippen molar-refractivity contribution in [1.82, 2.24) is 14.3 Å². The Labute approximate surface area is 149 Å². The first kappa shape index (κ1) is 17.1. The third kappa shape index (κ3) is 4.42. The van der Waals surface area contributed by atoms with Gasteiger partial charge in [-0.15, -0.1) is 0 Å². The molecule has 8 heteroatoms. The van der Waals surface area contributed by atoms with Gasteiger partial charge in [-0.1, -0.05) is 23.8 Å². The van der Waals surface area contributed by atoms with Gasteiger partial charge < -0.3 is 10.0 Å². The van der Waals surface area contributed by atoms with E-state index in [-0.39, 0.29) is 11.6 Å². The van der Waals surface area contributed by atoms with Crippen LogP contribution in [0.15, 0.2) is 29.8 Å². The zero-order chi connectivity index (χ0) is 17.8. The highest BCUT2D eigenvalue weighted by atomic mass is 32.1. The van der Waals surface area contributed by atoms with Gasteiger partial charge in [-0.25, -0.2) is 14.6 Å². The van der Waals surface area contributed by atoms with Crippen molar-refractivity contribution in [3.63, 3.8) is 0 Å². The molecule has 1 saturated heterocycles. The highest BCUT2D eigenvalue weighted by Crippen LogP contribution is 2.21. The summed E-state index contributed by atoms with van der Waals surface area (Å²) < 4.78 is 4.04. The van der Waals surface area contributed by atoms with Crippen molar-refractivity contribution in [2.24, 2.45) is 0 Å². The maximum absolute atomic E-state index is 12.2. The molecule has 2 amide bonds. The maximum Gasteiger partial charge on any atom is 0.335 e. The van der Waals surface area contributed by atoms with Gasteiger partial charge >= 0.3 is 12.0 Å². The first-order chi connectivity index (χ1) is 12.0. The molecule has 0 spiro atoms. The number of nitrogens with zero attached hydrogens (tertiary/aromatic N) is 3. The normalized spacial score (nSPS) is 14.3. The Balaban J connectivity index is 1.55. The third-order valence-electron chi connectivity index (χ3n) is 3.96. The van der Waals surface area contributed by atoms with E-state index in [0.29, 0.717) is 24.0 Å². The number of anilines is 1. The summed E-state index contributed by atoms with van der Waals surface area (Å²) in [6, 6.07) is 6.64. The van der Waals surface area contributed by atoms with E-state index in [9.17, 15) is 9.59 Å². The predicted molar refractivity (Wildman–Crippen MR) is 95.9 cm³/mol. The molecule has 0 bridgehead atoms. The lowest BCUT2D eigenvalue weighted by Crippen LogP contribution is -2.39. The predicted octanol–water partition coefficient (Wildman–Crippen LogP) is 3.26. The van der Waals surface area contributed by atoms with Crippen molar-refractivity contribution in [3.05, 3.63) is 46.8 Å². The minimum Gasteiger partial charge on any atom is -0.478 e. The van der Waals surface area contributed by atoms with Crippen molar-refractivity contribution in [3.8, 4) is 0 Å². The molecule has 0 saturated carbocycles. The highest BCUT2D eigenvalue weighted by molar-refractivity contribution is 7.09. The number of benzene rings is 1. The van der Waals surface area contributed by atoms with E-state index in [1.54, 1.807) is 36.1 Å². The van der Waals surface area contributed by atoms with E-state index in [0.717, 1.165) is 18.4 Å². The van der Waals surface area contributed by atoms with Gasteiger partial charge in [0.15, 0.2) is 0 Å². The molecule has 1 fully saturated rings. The Kier molecular flexibility index (Phi) is 5.08. The molecular weight excluding hydrogens is 340 g/mol. The van der Waals surface area contributed by atoms with Crippen molar-refractivity contribution >= 4 is 34.7 Å². The van der Waals surface area contributed by atoms with E-state index in [1.807, 2.05) is 0 Å². The van der Waals surface area contributed by atoms with Crippen LogP contribution in [0.4, 0.5) is 9.93 Å². The number of aryl methyl sites for hydroxylation is 1. The van der Waals surface area contributed by atoms with Gasteiger partial charge in [-0.3, -0.25) is 5.32 Å². The number of likely N-dealkylation sites (tertiary alicyclic amines) is 1. The number of carboxylic acid groups (broad SMARTS) is 1. The van der Waals surface area contributed by atoms with Crippen LogP contribution < -0.4 is 5.32 Å². The van der Waals surface area contributed by atoms with Gasteiger partial charge in [0, 0.05) is 24.6 Å². The zero-order valence-corrected chi connectivity index (χ0v) is 14.5. The van der Waals surface area contributed by atoms with Crippen LogP contribution in [0.25, 0.3) is 6.08 Å². The SMILES string of the molecule is Cc1nsc(NC(=O)N2CCC(=Cc3ccc(C(=O)O)cc3)CC2)n1. The van der Waals surface area contributed by atoms with Crippen LogP contribution in [0.1, 0.15) is 34.6 Å². The number of urea groups is 1. The van der Waals surface area contributed by atoms with E-state index in [4.69, 9.17) is 5.11 Å². The number of carbonyl (C=O) groups is 2. The molecule has 2 N–H and O–H groups in total. The molecule has 2 heterocycles. The average molecular weight is 358 g/mol. The van der Waals surface area contributed by atoms with Gasteiger partial charge in [-0.2, -0.15) is 4.37 Å². The monoisotopic (exact) mass is 358 g/mol. The summed E-state index contributed by atoms with van der Waals surface area (Å²) in [5.74, 6) is -0.276. The fraction of sp³-hybridized carbons (Fsp3) is 0.294. The number of piperidine rings is 1. The molecule has 130 valence electrons. The topological polar surface area (TPSA) is 95.4 Å². The third-order valence-corrected chi connectivity index (χ3v) is 4.68. The number of hydrogen-bond donors (Lipinski definition) is 2. The summed E-state index contributed by atoms with van der Waals surface area (Å²) in [5, 5.41) is 12.2. The van der Waals surface area contributed by atoms with Crippen LogP contribution in [0.3, 0.4) is 0 Å². The lowest BCUT2D eigenvalue weighted by Gasteiger charge is -2.28. The fourth-order valence-electron chi connectivity index (χ4n) is 2.62. The van der Waals surface area contributed by atoms with Crippen molar-refractivity contribution in [2.45, 2.75) is 19.8 Å². The molecule has 0 atom stereocenters. The number of hydrogen-bond acceptors (Lipinski definition) is 5. The van der Waals surface area contributed by atoms with Crippen LogP contribution in [0.2, 0.25) is 0 Å². The van der Waals surface area contributed by atoms with Gasteiger partial charge in [0.05, 0.1) is 5.56 Å². The summed E-state index contributed by atoms with van der Waals surface area (Å²) in [4.78, 5) is 29.0. The molecular formula is C17H18N4O3S. The van der Waals surface area contributed by atoms with Crippen LogP contribution in [-0.2, 0) is 0 Å². The second kappa shape index (κ2) is 7.43. The van der Waals surface area contributed by atoms with Gasteiger partial charge in [0.1, 0.15) is 5.82 Å². The smallest absolute Gasteiger partial charge is 0.335 e. The summed E-state index contributed by atoms with van der Waals surface area (Å²) in [5.41, 5.74) is 2.50. The molecule has 1 aliphatic heterocycles. The van der Waals surface area contributed by atoms with E-state index in [2.05, 4.69) is 20.8 Å². The molecule has 2 aromatic rings. The Morgan fingerprint density at radius 1 is 1.24 bits per heavy atom. The van der Waals surface area contributed by atoms with Crippen molar-refractivity contribution < 1.29 is 14.7 Å². The summed E-state index contributed by atoms with van der Waals surface area (Å²) in [7, 11) is 0. The number of carbonyl (C=O) groups excluding carboxylic acids is 1. The fourth-order valence-corrected chi connectivity index (χ4v) is 3.18. The minimum atomic E-state index is -0.927. The molecule has 1 aromatic heterocycles. The number of aromatic nitrogens is 2. The number of aromatic carboxylic acids is 1. The molecule has 0 unspecified atom stereocenters. The number of carboxylic acids is 1. The second-order valence-electron chi connectivity index (χ2n) is 5.79. The van der Waals surface area contributed by atoms with Crippen molar-refractivity contribution in [1.29, 1.82) is 0 Å². The van der Waals surface area contributed by atoms with Crippen molar-refractivity contribution in [2.75, 3.05) is 18.4 Å². The number of rotatable bonds is 3. The van der Waals surface area contributed by atoms with E-state index in [1.165, 1.54) is 17.1 Å². The molecule has 3 rings (SSSR count). The standard InChI is InChI=1S/C17H18N4O3S/c1-11-18-16(25-20-11)19-17(24)21-8-6-13(7-9-21)10-12-2-4-14(5-3-12)15(22)23/h2-5,10H,6-9H2,1H3,(H,22,23)(H,18,19,20,24). The Bertz CT molecular complexity index is 804. The first-order valence-corrected chi connectivity index (χ1v) is 8.67. The minimum absolute atomic E-state index is 0.152. The van der Waals surface area contributed by atoms with E-state index < -0.39 is 5.97 Å². The Morgan fingerprint density at radius 3 is 2.48 bits per heavy atom. The average Bonchev–Trinajstić information content (AvgIpc) is 3.01. The summed E-state index contributed by atoms with van der Waals surface area (Å²) in [6.07, 6.45) is 3.65. The zero-order valence-electron chi connectivity index (χ0n) is 13.7. The molecule has 7 nitrogen and oxygen atoms in total. The lowest BCUT2D eigenvalue weighted by molar-refractivity contribution is 0.0697. The van der Waals surface area contributed by atoms with Gasteiger partial charge in [0.25, 0.3) is 0 Å². The van der Waals surface area contributed by atoms with Crippen LogP contribution in [-0.4, -0.2) is 44.5 Å². The van der Waals surface area contributed by atoms with Gasteiger partial charge in [0.2, 0.25) is 5.13 Å². The molecule has 1 aromatic carbocycles. The Morgan fingerprint density at radius 2 is 1.92 bits per heavy atom. The molecule has 0 aliphatic carbocycles. The quantitative estimate of drug-likeness (QED) is 0.878. The molecule has 1 aliphatic rings. The van der Waals surface area contributed by atoms with Crippen LogP contribution >= 0.6 is 11.5 Å². The number of nitrogens with one attached hydrogen (secondary N) is 1. The van der Waals surface area contributed by atoms with Gasteiger partial charge in [-0.05, 0) is 37.5 Å². The highest BCUT2D eigenvalue weighted by Gasteiger charge is 2.20. The Hall–Kier alpha value is -2.74. The molecule has 0 radical (unpaired) electrons. The summed E-state index contributed by atoms with van der Waals surface area (Å²) >= 11 is 1.17. The number of amides is 2. The second-order valence-corrected chi connectivity index (χ2v) is 6.55. The molecule has 25 heavy (non-hydrogen) atoms. The van der Waals surface area contributed by atoms with Crippen LogP contribution in [0, 0.1) is 6.92 Å². The lowest BCUT2D eigenvalue weighted by atomic mass is 10.0. The maximum atomic E-state index is 12.2. The van der Waals surface area contributed by atoms with E-state index >= 15 is 0 Å². The first-order valence-electron chi connectivity index (χ1n) is 7.90. The summed E-state index contributed by atoms with van der Waals surface area (Å²) in [6.45, 7) is 3.07.